The minimum absolute atomic E-state index is 0.108. The molecule has 0 aliphatic heterocycles. The minimum Gasteiger partial charge on any atom is -0.382 e. The molecule has 0 saturated heterocycles. The van der Waals surface area contributed by atoms with Gasteiger partial charge in [-0.2, -0.15) is 10.4 Å². The van der Waals surface area contributed by atoms with E-state index in [-0.39, 0.29) is 5.92 Å². The molecule has 0 amide bonds. The highest BCUT2D eigenvalue weighted by Gasteiger charge is 2.21. The van der Waals surface area contributed by atoms with Gasteiger partial charge in [-0.25, -0.2) is 4.68 Å². The molecule has 0 atom stereocenters. The predicted molar refractivity (Wildman–Crippen MR) is 82.3 cm³/mol. The van der Waals surface area contributed by atoms with Crippen molar-refractivity contribution >= 4 is 40.0 Å². The van der Waals surface area contributed by atoms with E-state index in [2.05, 4.69) is 38.7 Å². The van der Waals surface area contributed by atoms with E-state index in [4.69, 9.17) is 17.3 Å². The van der Waals surface area contributed by atoms with Crippen LogP contribution in [0.1, 0.15) is 31.0 Å². The molecule has 2 rings (SSSR count). The Bertz CT molecular complexity index is 651. The molecular weight excluding hydrogens is 377 g/mol. The number of hydrogen-bond donors (Lipinski definition) is 1. The number of rotatable bonds is 2. The van der Waals surface area contributed by atoms with E-state index in [0.29, 0.717) is 27.8 Å². The van der Waals surface area contributed by atoms with Crippen molar-refractivity contribution in [2.24, 2.45) is 0 Å². The Labute approximate surface area is 129 Å². The summed E-state index contributed by atoms with van der Waals surface area (Å²) in [6.45, 7) is 3.93. The second-order valence-corrected chi connectivity index (χ2v) is 5.84. The lowest BCUT2D eigenvalue weighted by Gasteiger charge is -2.08. The zero-order valence-corrected chi connectivity index (χ0v) is 13.3. The SMILES string of the molecule is CC(C)c1nn(-c2c(Cl)cncc2I)c(N)c1C#N. The Morgan fingerprint density at radius 2 is 2.16 bits per heavy atom. The molecule has 0 aliphatic carbocycles. The topological polar surface area (TPSA) is 80.5 Å². The quantitative estimate of drug-likeness (QED) is 0.803. The maximum Gasteiger partial charge on any atom is 0.145 e. The first-order valence-corrected chi connectivity index (χ1v) is 7.00. The molecule has 2 heterocycles. The fourth-order valence-corrected chi connectivity index (χ4v) is 2.82. The first kappa shape index (κ1) is 14.1. The lowest BCUT2D eigenvalue weighted by Crippen LogP contribution is -2.05. The lowest BCUT2D eigenvalue weighted by molar-refractivity contribution is 0.768. The average molecular weight is 388 g/mol. The van der Waals surface area contributed by atoms with E-state index < -0.39 is 0 Å². The van der Waals surface area contributed by atoms with Crippen LogP contribution in [0.3, 0.4) is 0 Å². The number of halogens is 2. The van der Waals surface area contributed by atoms with Crippen LogP contribution in [0.4, 0.5) is 5.82 Å². The van der Waals surface area contributed by atoms with Crippen molar-refractivity contribution in [2.75, 3.05) is 5.73 Å². The molecule has 5 nitrogen and oxygen atoms in total. The normalized spacial score (nSPS) is 10.7. The van der Waals surface area contributed by atoms with Gasteiger partial charge >= 0.3 is 0 Å². The Hall–Kier alpha value is -1.33. The van der Waals surface area contributed by atoms with Crippen LogP contribution >= 0.6 is 34.2 Å². The highest BCUT2D eigenvalue weighted by molar-refractivity contribution is 14.1. The fraction of sp³-hybridized carbons (Fsp3) is 0.250. The number of aromatic nitrogens is 3. The average Bonchev–Trinajstić information content (AvgIpc) is 2.67. The molecular formula is C12H11ClIN5. The Morgan fingerprint density at radius 3 is 2.63 bits per heavy atom. The molecule has 19 heavy (non-hydrogen) atoms. The van der Waals surface area contributed by atoms with E-state index >= 15 is 0 Å². The number of nitriles is 1. The molecule has 98 valence electrons. The molecule has 0 radical (unpaired) electrons. The molecule has 0 bridgehead atoms. The third-order valence-corrected chi connectivity index (χ3v) is 3.71. The van der Waals surface area contributed by atoms with E-state index in [1.807, 2.05) is 13.8 Å². The van der Waals surface area contributed by atoms with Gasteiger partial charge in [-0.05, 0) is 28.5 Å². The van der Waals surface area contributed by atoms with E-state index in [9.17, 15) is 5.26 Å². The van der Waals surface area contributed by atoms with Gasteiger partial charge in [0.15, 0.2) is 0 Å². The second-order valence-electron chi connectivity index (χ2n) is 4.28. The molecule has 2 N–H and O–H groups in total. The zero-order chi connectivity index (χ0) is 14.2. The number of anilines is 1. The third kappa shape index (κ3) is 2.40. The van der Waals surface area contributed by atoms with Crippen molar-refractivity contribution in [3.63, 3.8) is 0 Å². The summed E-state index contributed by atoms with van der Waals surface area (Å²) in [6, 6.07) is 2.10. The van der Waals surface area contributed by atoms with E-state index in [1.54, 1.807) is 6.20 Å². The highest BCUT2D eigenvalue weighted by Crippen LogP contribution is 2.30. The molecule has 0 aliphatic rings. The first-order chi connectivity index (χ1) is 8.97. The van der Waals surface area contributed by atoms with Gasteiger partial charge in [-0.3, -0.25) is 4.98 Å². The molecule has 2 aromatic rings. The summed E-state index contributed by atoms with van der Waals surface area (Å²) in [5.41, 5.74) is 7.74. The van der Waals surface area contributed by atoms with E-state index in [0.717, 1.165) is 3.57 Å². The Kier molecular flexibility index (Phi) is 3.96. The number of pyridine rings is 1. The second kappa shape index (κ2) is 5.35. The van der Waals surface area contributed by atoms with Gasteiger partial charge in [0.2, 0.25) is 0 Å². The van der Waals surface area contributed by atoms with Gasteiger partial charge in [0.25, 0.3) is 0 Å². The molecule has 7 heteroatoms. The van der Waals surface area contributed by atoms with Crippen LogP contribution < -0.4 is 5.73 Å². The maximum atomic E-state index is 9.22. The van der Waals surface area contributed by atoms with Crippen LogP contribution in [0.25, 0.3) is 5.69 Å². The maximum absolute atomic E-state index is 9.22. The van der Waals surface area contributed by atoms with Crippen LogP contribution in [0, 0.1) is 14.9 Å². The molecule has 0 fully saturated rings. The van der Waals surface area contributed by atoms with Crippen LogP contribution in [0.2, 0.25) is 5.02 Å². The van der Waals surface area contributed by atoms with E-state index in [1.165, 1.54) is 10.9 Å². The number of hydrogen-bond acceptors (Lipinski definition) is 4. The third-order valence-electron chi connectivity index (χ3n) is 2.65. The summed E-state index contributed by atoms with van der Waals surface area (Å²) < 4.78 is 2.33. The minimum atomic E-state index is 0.108. The van der Waals surface area contributed by atoms with Crippen LogP contribution in [0.5, 0.6) is 0 Å². The summed E-state index contributed by atoms with van der Waals surface area (Å²) in [7, 11) is 0. The van der Waals surface area contributed by atoms with Crippen molar-refractivity contribution in [2.45, 2.75) is 19.8 Å². The lowest BCUT2D eigenvalue weighted by atomic mass is 10.1. The Balaban J connectivity index is 2.75. The molecule has 0 saturated carbocycles. The van der Waals surface area contributed by atoms with Gasteiger partial charge in [0.1, 0.15) is 23.1 Å². The Morgan fingerprint density at radius 1 is 1.47 bits per heavy atom. The molecule has 2 aromatic heterocycles. The van der Waals surface area contributed by atoms with Gasteiger partial charge in [-0.1, -0.05) is 25.4 Å². The standard InChI is InChI=1S/C12H11ClIN5/c1-6(2)10-7(3-15)12(16)19(18-10)11-8(13)4-17-5-9(11)14/h4-6H,16H2,1-2H3. The largest absolute Gasteiger partial charge is 0.382 e. The van der Waals surface area contributed by atoms with Crippen LogP contribution in [0.15, 0.2) is 12.4 Å². The predicted octanol–water partition coefficient (Wildman–Crippen LogP) is 3.10. The number of nitrogen functional groups attached to an aromatic ring is 1. The summed E-state index contributed by atoms with van der Waals surface area (Å²) in [5.74, 6) is 0.411. The molecule has 0 aromatic carbocycles. The summed E-state index contributed by atoms with van der Waals surface area (Å²) in [5, 5.41) is 14.1. The first-order valence-electron chi connectivity index (χ1n) is 5.55. The van der Waals surface area contributed by atoms with Crippen LogP contribution in [-0.2, 0) is 0 Å². The number of nitrogens with two attached hydrogens (primary N) is 1. The molecule has 0 unspecified atom stereocenters. The van der Waals surface area contributed by atoms with Gasteiger partial charge in [0.05, 0.1) is 14.3 Å². The smallest absolute Gasteiger partial charge is 0.145 e. The summed E-state index contributed by atoms with van der Waals surface area (Å²) >= 11 is 8.26. The van der Waals surface area contributed by atoms with Crippen molar-refractivity contribution < 1.29 is 0 Å². The number of nitrogens with zero attached hydrogens (tertiary/aromatic N) is 4. The fourth-order valence-electron chi connectivity index (χ4n) is 1.74. The summed E-state index contributed by atoms with van der Waals surface area (Å²) in [6.07, 6.45) is 3.20. The van der Waals surface area contributed by atoms with Gasteiger partial charge in [0, 0.05) is 12.4 Å². The zero-order valence-electron chi connectivity index (χ0n) is 10.4. The van der Waals surface area contributed by atoms with Gasteiger partial charge < -0.3 is 5.73 Å². The van der Waals surface area contributed by atoms with Crippen molar-refractivity contribution in [1.29, 1.82) is 5.26 Å². The van der Waals surface area contributed by atoms with Crippen molar-refractivity contribution in [1.82, 2.24) is 14.8 Å². The van der Waals surface area contributed by atoms with Crippen LogP contribution in [-0.4, -0.2) is 14.8 Å². The van der Waals surface area contributed by atoms with Crippen molar-refractivity contribution in [3.05, 3.63) is 32.2 Å². The van der Waals surface area contributed by atoms with Gasteiger partial charge in [-0.15, -0.1) is 0 Å². The highest BCUT2D eigenvalue weighted by atomic mass is 127. The van der Waals surface area contributed by atoms with Crippen molar-refractivity contribution in [3.8, 4) is 11.8 Å². The monoisotopic (exact) mass is 387 g/mol. The molecule has 0 spiro atoms. The summed E-state index contributed by atoms with van der Waals surface area (Å²) in [4.78, 5) is 4.00.